The van der Waals surface area contributed by atoms with E-state index in [2.05, 4.69) is 28.2 Å². The molecule has 18 heavy (non-hydrogen) atoms. The summed E-state index contributed by atoms with van der Waals surface area (Å²) in [6.07, 6.45) is 3.73. The van der Waals surface area contributed by atoms with Gasteiger partial charge < -0.3 is 10.1 Å². The van der Waals surface area contributed by atoms with Crippen molar-refractivity contribution in [2.24, 2.45) is 5.92 Å². The Morgan fingerprint density at radius 1 is 1.50 bits per heavy atom. The third-order valence-corrected chi connectivity index (χ3v) is 4.33. The molecule has 3 nitrogen and oxygen atoms in total. The lowest BCUT2D eigenvalue weighted by Gasteiger charge is -2.32. The smallest absolute Gasteiger partial charge is 0.252 e. The molecule has 0 bridgehead atoms. The van der Waals surface area contributed by atoms with Crippen LogP contribution < -0.4 is 10.1 Å². The van der Waals surface area contributed by atoms with Crippen molar-refractivity contribution in [3.05, 3.63) is 28.2 Å². The van der Waals surface area contributed by atoms with E-state index in [1.54, 1.807) is 13.2 Å². The van der Waals surface area contributed by atoms with E-state index >= 15 is 0 Å². The highest BCUT2D eigenvalue weighted by molar-refractivity contribution is 9.10. The van der Waals surface area contributed by atoms with Crippen LogP contribution in [0, 0.1) is 5.92 Å². The van der Waals surface area contributed by atoms with Gasteiger partial charge in [0.25, 0.3) is 5.91 Å². The van der Waals surface area contributed by atoms with Gasteiger partial charge in [-0.15, -0.1) is 0 Å². The second-order valence-corrected chi connectivity index (χ2v) is 5.65. The van der Waals surface area contributed by atoms with Gasteiger partial charge in [0.2, 0.25) is 0 Å². The van der Waals surface area contributed by atoms with Crippen molar-refractivity contribution in [1.29, 1.82) is 0 Å². The molecule has 1 unspecified atom stereocenters. The topological polar surface area (TPSA) is 38.3 Å². The number of methoxy groups -OCH3 is 1. The highest BCUT2D eigenvalue weighted by Gasteiger charge is 2.25. The zero-order chi connectivity index (χ0) is 13.1. The minimum absolute atomic E-state index is 0.0415. The molecular weight excluding hydrogens is 294 g/mol. The van der Waals surface area contributed by atoms with Gasteiger partial charge in [0.05, 0.1) is 12.7 Å². The van der Waals surface area contributed by atoms with Crippen molar-refractivity contribution in [3.8, 4) is 5.75 Å². The van der Waals surface area contributed by atoms with E-state index in [1.165, 1.54) is 19.3 Å². The van der Waals surface area contributed by atoms with Crippen molar-refractivity contribution in [3.63, 3.8) is 0 Å². The predicted molar refractivity (Wildman–Crippen MR) is 75.0 cm³/mol. The molecule has 98 valence electrons. The summed E-state index contributed by atoms with van der Waals surface area (Å²) in [5.41, 5.74) is 0.625. The van der Waals surface area contributed by atoms with Gasteiger partial charge in [0, 0.05) is 10.5 Å². The van der Waals surface area contributed by atoms with Crippen LogP contribution in [0.15, 0.2) is 22.7 Å². The number of carbonyl (C=O) groups excluding carboxylic acids is 1. The molecule has 0 heterocycles. The minimum Gasteiger partial charge on any atom is -0.497 e. The van der Waals surface area contributed by atoms with Crippen molar-refractivity contribution in [2.75, 3.05) is 7.11 Å². The van der Waals surface area contributed by atoms with Gasteiger partial charge in [-0.3, -0.25) is 4.79 Å². The molecule has 1 fully saturated rings. The first-order valence-electron chi connectivity index (χ1n) is 6.26. The van der Waals surface area contributed by atoms with Crippen LogP contribution in [0.5, 0.6) is 5.75 Å². The fourth-order valence-corrected chi connectivity index (χ4v) is 2.57. The van der Waals surface area contributed by atoms with Gasteiger partial charge in [-0.1, -0.05) is 6.42 Å². The summed E-state index contributed by atoms with van der Waals surface area (Å²) in [4.78, 5) is 12.2. The highest BCUT2D eigenvalue weighted by Crippen LogP contribution is 2.30. The summed E-state index contributed by atoms with van der Waals surface area (Å²) < 4.78 is 5.94. The lowest BCUT2D eigenvalue weighted by Crippen LogP contribution is -2.40. The van der Waals surface area contributed by atoms with Crippen molar-refractivity contribution in [2.45, 2.75) is 32.2 Å². The lowest BCUT2D eigenvalue weighted by atomic mass is 9.80. The standard InChI is InChI=1S/C14H18BrNO2/c1-9(10-4-3-5-10)16-14(17)12-8-11(18-2)6-7-13(12)15/h6-10H,3-5H2,1-2H3,(H,16,17). The van der Waals surface area contributed by atoms with Crippen LogP contribution in [-0.4, -0.2) is 19.1 Å². The molecule has 1 aliphatic carbocycles. The van der Waals surface area contributed by atoms with E-state index in [0.29, 0.717) is 17.2 Å². The zero-order valence-electron chi connectivity index (χ0n) is 10.7. The third-order valence-electron chi connectivity index (χ3n) is 3.63. The Morgan fingerprint density at radius 3 is 2.78 bits per heavy atom. The first-order chi connectivity index (χ1) is 8.61. The molecule has 0 radical (unpaired) electrons. The van der Waals surface area contributed by atoms with E-state index in [-0.39, 0.29) is 11.9 Å². The lowest BCUT2D eigenvalue weighted by molar-refractivity contribution is 0.0908. The Kier molecular flexibility index (Phi) is 4.27. The number of halogens is 1. The molecule has 1 aliphatic rings. The Hall–Kier alpha value is -1.03. The molecule has 0 aliphatic heterocycles. The van der Waals surface area contributed by atoms with Crippen molar-refractivity contribution < 1.29 is 9.53 Å². The Bertz CT molecular complexity index is 443. The van der Waals surface area contributed by atoms with Crippen LogP contribution in [0.4, 0.5) is 0 Å². The number of benzene rings is 1. The SMILES string of the molecule is COc1ccc(Br)c(C(=O)NC(C)C2CCC2)c1. The van der Waals surface area contributed by atoms with E-state index in [0.717, 1.165) is 4.47 Å². The first kappa shape index (κ1) is 13.4. The van der Waals surface area contributed by atoms with Gasteiger partial charge in [0.1, 0.15) is 5.75 Å². The second kappa shape index (κ2) is 5.74. The fourth-order valence-electron chi connectivity index (χ4n) is 2.15. The largest absolute Gasteiger partial charge is 0.497 e. The molecule has 2 rings (SSSR count). The van der Waals surface area contributed by atoms with E-state index in [9.17, 15) is 4.79 Å². The van der Waals surface area contributed by atoms with Crippen LogP contribution in [0.1, 0.15) is 36.5 Å². The Morgan fingerprint density at radius 2 is 2.22 bits per heavy atom. The highest BCUT2D eigenvalue weighted by atomic mass is 79.9. The summed E-state index contributed by atoms with van der Waals surface area (Å²) in [6.45, 7) is 2.08. The third kappa shape index (κ3) is 2.86. The van der Waals surface area contributed by atoms with Gasteiger partial charge >= 0.3 is 0 Å². The molecule has 1 amide bonds. The molecule has 1 atom stereocenters. The molecule has 1 saturated carbocycles. The zero-order valence-corrected chi connectivity index (χ0v) is 12.3. The van der Waals surface area contributed by atoms with Crippen molar-refractivity contribution in [1.82, 2.24) is 5.32 Å². The van der Waals surface area contributed by atoms with E-state index in [1.807, 2.05) is 12.1 Å². The molecular formula is C14H18BrNO2. The number of hydrogen-bond acceptors (Lipinski definition) is 2. The van der Waals surface area contributed by atoms with Crippen LogP contribution in [0.2, 0.25) is 0 Å². The van der Waals surface area contributed by atoms with Crippen LogP contribution in [0.3, 0.4) is 0 Å². The predicted octanol–water partition coefficient (Wildman–Crippen LogP) is 3.38. The first-order valence-corrected chi connectivity index (χ1v) is 7.05. The van der Waals surface area contributed by atoms with Gasteiger partial charge in [0.15, 0.2) is 0 Å². The van der Waals surface area contributed by atoms with E-state index < -0.39 is 0 Å². The quantitative estimate of drug-likeness (QED) is 0.925. The molecule has 0 aromatic heterocycles. The number of hydrogen-bond donors (Lipinski definition) is 1. The molecule has 1 N–H and O–H groups in total. The average molecular weight is 312 g/mol. The van der Waals surface area contributed by atoms with Gasteiger partial charge in [-0.25, -0.2) is 0 Å². The Labute approximate surface area is 116 Å². The fraction of sp³-hybridized carbons (Fsp3) is 0.500. The summed E-state index contributed by atoms with van der Waals surface area (Å²) in [5.74, 6) is 1.29. The number of ether oxygens (including phenoxy) is 1. The number of nitrogens with one attached hydrogen (secondary N) is 1. The molecule has 4 heteroatoms. The summed E-state index contributed by atoms with van der Waals surface area (Å²) in [7, 11) is 1.60. The second-order valence-electron chi connectivity index (χ2n) is 4.80. The molecule has 0 saturated heterocycles. The van der Waals surface area contributed by atoms with Crippen molar-refractivity contribution >= 4 is 21.8 Å². The van der Waals surface area contributed by atoms with Crippen LogP contribution >= 0.6 is 15.9 Å². The summed E-state index contributed by atoms with van der Waals surface area (Å²) in [6, 6.07) is 5.66. The number of carbonyl (C=O) groups is 1. The monoisotopic (exact) mass is 311 g/mol. The van der Waals surface area contributed by atoms with Gasteiger partial charge in [-0.05, 0) is 59.8 Å². The normalized spacial score (nSPS) is 16.8. The molecule has 1 aromatic carbocycles. The minimum atomic E-state index is -0.0415. The molecule has 1 aromatic rings. The maximum atomic E-state index is 12.2. The molecule has 0 spiro atoms. The van der Waals surface area contributed by atoms with Crippen LogP contribution in [-0.2, 0) is 0 Å². The maximum absolute atomic E-state index is 12.2. The van der Waals surface area contributed by atoms with Gasteiger partial charge in [-0.2, -0.15) is 0 Å². The average Bonchev–Trinajstić information content (AvgIpc) is 2.27. The number of amides is 1. The maximum Gasteiger partial charge on any atom is 0.252 e. The van der Waals surface area contributed by atoms with E-state index in [4.69, 9.17) is 4.74 Å². The Balaban J connectivity index is 2.07. The number of rotatable bonds is 4. The summed E-state index contributed by atoms with van der Waals surface area (Å²) >= 11 is 3.40. The summed E-state index contributed by atoms with van der Waals surface area (Å²) in [5, 5.41) is 3.07. The van der Waals surface area contributed by atoms with Crippen LogP contribution in [0.25, 0.3) is 0 Å².